The zero-order valence-corrected chi connectivity index (χ0v) is 6.01. The molecule has 0 fully saturated rings. The van der Waals surface area contributed by atoms with E-state index in [0.717, 1.165) is 17.1 Å². The highest BCUT2D eigenvalue weighted by molar-refractivity contribution is 5.97. The molecule has 0 aliphatic rings. The molecule has 0 radical (unpaired) electrons. The first-order valence-electron chi connectivity index (χ1n) is 1.60. The second-order valence-electron chi connectivity index (χ2n) is 0.577. The van der Waals surface area contributed by atoms with E-state index in [-0.39, 0.29) is 0 Å². The van der Waals surface area contributed by atoms with Gasteiger partial charge in [-0.15, -0.1) is 0 Å². The van der Waals surface area contributed by atoms with Gasteiger partial charge in [-0.05, 0) is 6.92 Å². The molecule has 0 heterocycles. The third kappa shape index (κ3) is 32.7. The molecule has 0 aromatic carbocycles. The van der Waals surface area contributed by atoms with E-state index < -0.39 is 0 Å². The fourth-order valence-electron chi connectivity index (χ4n) is 0. The van der Waals surface area contributed by atoms with Crippen LogP contribution in [0.5, 0.6) is 0 Å². The molecule has 0 saturated carbocycles. The van der Waals surface area contributed by atoms with Gasteiger partial charge in [-0.3, -0.25) is 10.5 Å². The van der Waals surface area contributed by atoms with Crippen molar-refractivity contribution in [2.24, 2.45) is 0 Å². The number of hydrogen-bond donors (Lipinski definition) is 2. The highest BCUT2D eigenvalue weighted by Crippen LogP contribution is 1.50. The van der Waals surface area contributed by atoms with Crippen molar-refractivity contribution in [1.29, 1.82) is 0 Å². The summed E-state index contributed by atoms with van der Waals surface area (Å²) in [6, 6.07) is 0. The Morgan fingerprint density at radius 3 is 1.83 bits per heavy atom. The molecule has 0 aromatic rings. The van der Waals surface area contributed by atoms with Crippen molar-refractivity contribution < 1.29 is 14.9 Å². The van der Waals surface area contributed by atoms with Gasteiger partial charge in [-0.2, -0.15) is 0 Å². The van der Waals surface area contributed by atoms with E-state index in [0.29, 0.717) is 0 Å². The Morgan fingerprint density at radius 1 is 1.67 bits per heavy atom. The lowest BCUT2D eigenvalue weighted by Gasteiger charge is -1.77. The summed E-state index contributed by atoms with van der Waals surface area (Å²) in [6.45, 7) is 2.87. The molecule has 6 heavy (non-hydrogen) atoms. The number of hydrogen-bond acceptors (Lipinski definition) is 3. The smallest absolute Gasteiger partial charge is 0.145 e. The normalized spacial score (nSPS) is 6.50. The maximum Gasteiger partial charge on any atom is 0.145 e. The van der Waals surface area contributed by atoms with Crippen LogP contribution in [0, 0.1) is 0 Å². The van der Waals surface area contributed by atoms with Crippen molar-refractivity contribution in [3.05, 3.63) is 0 Å². The van der Waals surface area contributed by atoms with E-state index in [1.165, 1.54) is 0 Å². The molecule has 0 unspecified atom stereocenters. The quantitative estimate of drug-likeness (QED) is 0.267. The molecular formula is C2H10O3Si. The minimum Gasteiger partial charge on any atom is -0.428 e. The molecular weight excluding hydrogens is 100 g/mol. The van der Waals surface area contributed by atoms with Gasteiger partial charge in [-0.1, -0.05) is 0 Å². The Bertz CT molecular complexity index is 10.8. The van der Waals surface area contributed by atoms with E-state index in [9.17, 15) is 0 Å². The highest BCUT2D eigenvalue weighted by Gasteiger charge is 1.51. The average molecular weight is 110 g/mol. The molecule has 3 nitrogen and oxygen atoms in total. The molecule has 0 bridgehead atoms. The second-order valence-corrected chi connectivity index (χ2v) is 1.15. The van der Waals surface area contributed by atoms with Crippen LogP contribution in [0.25, 0.3) is 0 Å². The zero-order chi connectivity index (χ0) is 5.41. The minimum absolute atomic E-state index is 0.881. The number of rotatable bonds is 1. The van der Waals surface area contributed by atoms with Crippen LogP contribution >= 0.6 is 0 Å². The van der Waals surface area contributed by atoms with Gasteiger partial charge >= 0.3 is 0 Å². The van der Waals surface area contributed by atoms with E-state index in [1.807, 2.05) is 6.92 Å². The molecule has 0 atom stereocenters. The Kier molecular flexibility index (Phi) is 30.6. The van der Waals surface area contributed by atoms with Crippen LogP contribution in [-0.4, -0.2) is 27.6 Å². The molecule has 0 spiro atoms. The summed E-state index contributed by atoms with van der Waals surface area (Å²) in [5.74, 6) is 0. The van der Waals surface area contributed by atoms with Crippen molar-refractivity contribution in [3.63, 3.8) is 0 Å². The average Bonchev–Trinajstić information content (AvgIpc) is 1.72. The fourth-order valence-corrected chi connectivity index (χ4v) is 0. The lowest BCUT2D eigenvalue weighted by molar-refractivity contribution is -0.176. The van der Waals surface area contributed by atoms with Gasteiger partial charge < -0.3 is 4.43 Å². The monoisotopic (exact) mass is 110 g/mol. The molecule has 0 saturated heterocycles. The molecule has 0 amide bonds. The van der Waals surface area contributed by atoms with Crippen LogP contribution in [0.3, 0.4) is 0 Å². The standard InChI is InChI=1S/C2H8OSi.H2O2/c1-2-3-4;1-2/h2H2,1,4H3;1-2H. The Morgan fingerprint density at radius 2 is 1.83 bits per heavy atom. The maximum atomic E-state index is 6.00. The minimum atomic E-state index is 0.881. The maximum absolute atomic E-state index is 6.00. The van der Waals surface area contributed by atoms with Crippen molar-refractivity contribution in [2.75, 3.05) is 6.61 Å². The summed E-state index contributed by atoms with van der Waals surface area (Å²) in [7, 11) is 0.890. The van der Waals surface area contributed by atoms with Crippen LogP contribution in [0.1, 0.15) is 6.92 Å². The van der Waals surface area contributed by atoms with E-state index >= 15 is 0 Å². The molecule has 0 aliphatic heterocycles. The lowest BCUT2D eigenvalue weighted by atomic mass is 10.9. The summed E-state index contributed by atoms with van der Waals surface area (Å²) in [5, 5.41) is 12.0. The van der Waals surface area contributed by atoms with Crippen LogP contribution < -0.4 is 0 Å². The molecule has 0 aliphatic carbocycles. The predicted octanol–water partition coefficient (Wildman–Crippen LogP) is -0.679. The van der Waals surface area contributed by atoms with Crippen molar-refractivity contribution in [2.45, 2.75) is 6.92 Å². The summed E-state index contributed by atoms with van der Waals surface area (Å²) < 4.78 is 4.68. The van der Waals surface area contributed by atoms with Gasteiger partial charge in [0.1, 0.15) is 10.5 Å². The first kappa shape index (κ1) is 9.44. The zero-order valence-electron chi connectivity index (χ0n) is 4.01. The van der Waals surface area contributed by atoms with Crippen LogP contribution in [-0.2, 0) is 4.43 Å². The lowest BCUT2D eigenvalue weighted by Crippen LogP contribution is -1.76. The molecule has 0 aromatic heterocycles. The SMILES string of the molecule is CCO[SiH3].OO. The van der Waals surface area contributed by atoms with Gasteiger partial charge in [-0.25, -0.2) is 0 Å². The van der Waals surface area contributed by atoms with Crippen LogP contribution in [0.4, 0.5) is 0 Å². The van der Waals surface area contributed by atoms with Crippen molar-refractivity contribution in [3.8, 4) is 0 Å². The largest absolute Gasteiger partial charge is 0.428 e. The van der Waals surface area contributed by atoms with Gasteiger partial charge in [0, 0.05) is 6.61 Å². The topological polar surface area (TPSA) is 49.7 Å². The second kappa shape index (κ2) is 19.5. The molecule has 40 valence electrons. The molecule has 4 heteroatoms. The summed E-state index contributed by atoms with van der Waals surface area (Å²) in [6.07, 6.45) is 0. The van der Waals surface area contributed by atoms with Crippen molar-refractivity contribution in [1.82, 2.24) is 0 Å². The summed E-state index contributed by atoms with van der Waals surface area (Å²) in [4.78, 5) is 0. The van der Waals surface area contributed by atoms with Gasteiger partial charge in [0.2, 0.25) is 0 Å². The van der Waals surface area contributed by atoms with Crippen LogP contribution in [0.15, 0.2) is 0 Å². The summed E-state index contributed by atoms with van der Waals surface area (Å²) in [5.41, 5.74) is 0. The predicted molar refractivity (Wildman–Crippen MR) is 26.8 cm³/mol. The highest BCUT2D eigenvalue weighted by atomic mass is 28.2. The first-order chi connectivity index (χ1) is 2.91. The van der Waals surface area contributed by atoms with Crippen LogP contribution in [0.2, 0.25) is 0 Å². The Labute approximate surface area is 40.0 Å². The third-order valence-electron chi connectivity index (χ3n) is 0.289. The molecule has 2 N–H and O–H groups in total. The third-order valence-corrected chi connectivity index (χ3v) is 0.866. The van der Waals surface area contributed by atoms with Gasteiger partial charge in [0.05, 0.1) is 0 Å². The van der Waals surface area contributed by atoms with Crippen molar-refractivity contribution >= 4 is 10.5 Å². The summed E-state index contributed by atoms with van der Waals surface area (Å²) >= 11 is 0. The van der Waals surface area contributed by atoms with Gasteiger partial charge in [0.25, 0.3) is 0 Å². The molecule has 0 rings (SSSR count). The Balaban J connectivity index is 0. The van der Waals surface area contributed by atoms with Gasteiger partial charge in [0.15, 0.2) is 0 Å². The fraction of sp³-hybridized carbons (Fsp3) is 1.00. The van der Waals surface area contributed by atoms with E-state index in [2.05, 4.69) is 4.43 Å². The Hall–Kier alpha value is 0.0969. The first-order valence-corrected chi connectivity index (χ1v) is 2.42. The van der Waals surface area contributed by atoms with E-state index in [4.69, 9.17) is 10.5 Å². The van der Waals surface area contributed by atoms with E-state index in [1.54, 1.807) is 0 Å².